The zero-order valence-electron chi connectivity index (χ0n) is 13.3. The average molecular weight is 382 g/mol. The summed E-state index contributed by atoms with van der Waals surface area (Å²) in [5, 5.41) is 0.823. The van der Waals surface area contributed by atoms with E-state index in [1.165, 1.54) is 23.2 Å². The molecule has 1 amide bonds. The van der Waals surface area contributed by atoms with Crippen LogP contribution < -0.4 is 17.0 Å². The molecule has 2 heterocycles. The van der Waals surface area contributed by atoms with Gasteiger partial charge in [-0.25, -0.2) is 9.78 Å². The van der Waals surface area contributed by atoms with Gasteiger partial charge in [-0.05, 0) is 17.7 Å². The molecular formula is C15H13Cl2N5O3. The standard InChI is InChI=1S/C15H13Cl2N5O3/c1-20-12-10(14(24)21(2)15(20)25)22(13(19-12)11(18)23)6-7-3-4-8(16)5-9(7)17/h3-5H,6H2,1-2H3,(H2,18,23). The number of hydrogen-bond donors (Lipinski definition) is 1. The van der Waals surface area contributed by atoms with Gasteiger partial charge < -0.3 is 10.3 Å². The van der Waals surface area contributed by atoms with Gasteiger partial charge in [-0.15, -0.1) is 0 Å². The van der Waals surface area contributed by atoms with Crippen LogP contribution in [0.5, 0.6) is 0 Å². The molecule has 8 nitrogen and oxygen atoms in total. The molecule has 3 rings (SSSR count). The quantitative estimate of drug-likeness (QED) is 0.726. The molecule has 0 unspecified atom stereocenters. The van der Waals surface area contributed by atoms with Gasteiger partial charge in [0.25, 0.3) is 11.5 Å². The molecule has 0 saturated heterocycles. The first kappa shape index (κ1) is 17.2. The summed E-state index contributed by atoms with van der Waals surface area (Å²) in [6.07, 6.45) is 0. The average Bonchev–Trinajstić information content (AvgIpc) is 2.93. The zero-order chi connectivity index (χ0) is 18.5. The number of imidazole rings is 1. The van der Waals surface area contributed by atoms with Gasteiger partial charge in [0.1, 0.15) is 0 Å². The first-order valence-electron chi connectivity index (χ1n) is 7.12. The Hall–Kier alpha value is -2.58. The van der Waals surface area contributed by atoms with E-state index in [0.29, 0.717) is 15.6 Å². The van der Waals surface area contributed by atoms with E-state index < -0.39 is 17.2 Å². The summed E-state index contributed by atoms with van der Waals surface area (Å²) in [5.41, 5.74) is 5.04. The smallest absolute Gasteiger partial charge is 0.332 e. The summed E-state index contributed by atoms with van der Waals surface area (Å²) in [6, 6.07) is 4.86. The minimum atomic E-state index is -0.823. The Kier molecular flexibility index (Phi) is 4.18. The number of aromatic nitrogens is 4. The van der Waals surface area contributed by atoms with E-state index in [1.807, 2.05) is 0 Å². The number of benzene rings is 1. The van der Waals surface area contributed by atoms with Gasteiger partial charge in [-0.2, -0.15) is 0 Å². The van der Waals surface area contributed by atoms with Crippen molar-refractivity contribution in [2.45, 2.75) is 6.54 Å². The highest BCUT2D eigenvalue weighted by Gasteiger charge is 2.22. The summed E-state index contributed by atoms with van der Waals surface area (Å²) in [7, 11) is 2.81. The number of carbonyl (C=O) groups excluding carboxylic acids is 1. The molecule has 10 heteroatoms. The van der Waals surface area contributed by atoms with Gasteiger partial charge >= 0.3 is 5.69 Å². The number of rotatable bonds is 3. The maximum Gasteiger partial charge on any atom is 0.332 e. The number of hydrogen-bond acceptors (Lipinski definition) is 4. The van der Waals surface area contributed by atoms with Gasteiger partial charge in [-0.1, -0.05) is 29.3 Å². The molecule has 0 fully saturated rings. The van der Waals surface area contributed by atoms with E-state index >= 15 is 0 Å². The van der Waals surface area contributed by atoms with Gasteiger partial charge in [0.2, 0.25) is 5.82 Å². The van der Waals surface area contributed by atoms with E-state index in [1.54, 1.807) is 18.2 Å². The fraction of sp³-hybridized carbons (Fsp3) is 0.200. The summed E-state index contributed by atoms with van der Waals surface area (Å²) in [4.78, 5) is 40.5. The highest BCUT2D eigenvalue weighted by Crippen LogP contribution is 2.23. The van der Waals surface area contributed by atoms with Gasteiger partial charge in [0, 0.05) is 24.1 Å². The molecule has 1 aromatic carbocycles. The lowest BCUT2D eigenvalue weighted by Gasteiger charge is -2.10. The number of carbonyl (C=O) groups is 1. The number of halogens is 2. The number of fused-ring (bicyclic) bond motifs is 1. The molecule has 25 heavy (non-hydrogen) atoms. The summed E-state index contributed by atoms with van der Waals surface area (Å²) in [6.45, 7) is 0.0677. The largest absolute Gasteiger partial charge is 0.363 e. The SMILES string of the molecule is Cn1c(=O)c2c(nc(C(N)=O)n2Cc2ccc(Cl)cc2Cl)n(C)c1=O. The third kappa shape index (κ3) is 2.73. The maximum absolute atomic E-state index is 12.6. The van der Waals surface area contributed by atoms with Gasteiger partial charge in [0.05, 0.1) is 6.54 Å². The Labute approximate surface area is 151 Å². The van der Waals surface area contributed by atoms with Crippen LogP contribution in [0.15, 0.2) is 27.8 Å². The fourth-order valence-corrected chi connectivity index (χ4v) is 3.08. The number of aryl methyl sites for hydroxylation is 1. The topological polar surface area (TPSA) is 105 Å². The van der Waals surface area contributed by atoms with Crippen molar-refractivity contribution < 1.29 is 4.79 Å². The van der Waals surface area contributed by atoms with Crippen molar-refractivity contribution in [1.82, 2.24) is 18.7 Å². The van der Waals surface area contributed by atoms with Crippen LogP contribution in [0, 0.1) is 0 Å². The second-order valence-corrected chi connectivity index (χ2v) is 6.34. The van der Waals surface area contributed by atoms with Gasteiger partial charge in [-0.3, -0.25) is 18.7 Å². The summed E-state index contributed by atoms with van der Waals surface area (Å²) < 4.78 is 3.48. The molecule has 0 aliphatic carbocycles. The zero-order valence-corrected chi connectivity index (χ0v) is 14.8. The molecule has 0 bridgehead atoms. The normalized spacial score (nSPS) is 11.2. The van der Waals surface area contributed by atoms with Gasteiger partial charge in [0.15, 0.2) is 11.2 Å². The molecule has 3 aromatic rings. The minimum absolute atomic E-state index is 0.0677. The van der Waals surface area contributed by atoms with Crippen molar-refractivity contribution in [2.24, 2.45) is 19.8 Å². The van der Waals surface area contributed by atoms with Crippen LogP contribution in [0.2, 0.25) is 10.0 Å². The Morgan fingerprint density at radius 2 is 1.88 bits per heavy atom. The molecule has 0 atom stereocenters. The molecule has 2 aromatic heterocycles. The molecule has 2 N–H and O–H groups in total. The van der Waals surface area contributed by atoms with Crippen LogP contribution in [-0.2, 0) is 20.6 Å². The Bertz CT molecular complexity index is 1140. The molecule has 130 valence electrons. The Balaban J connectivity index is 2.36. The van der Waals surface area contributed by atoms with Crippen LogP contribution in [0.1, 0.15) is 16.2 Å². The van der Waals surface area contributed by atoms with Crippen molar-refractivity contribution in [3.05, 3.63) is 60.5 Å². The van der Waals surface area contributed by atoms with Crippen molar-refractivity contribution >= 4 is 40.3 Å². The molecule has 0 saturated carbocycles. The van der Waals surface area contributed by atoms with E-state index in [-0.39, 0.29) is 23.5 Å². The second kappa shape index (κ2) is 6.05. The summed E-state index contributed by atoms with van der Waals surface area (Å²) in [5.74, 6) is -0.963. The molecule has 0 spiro atoms. The predicted molar refractivity (Wildman–Crippen MR) is 94.3 cm³/mol. The summed E-state index contributed by atoms with van der Waals surface area (Å²) >= 11 is 12.1. The van der Waals surface area contributed by atoms with Crippen LogP contribution in [0.3, 0.4) is 0 Å². The second-order valence-electron chi connectivity index (χ2n) is 5.50. The molecule has 0 aliphatic heterocycles. The lowest BCUT2D eigenvalue weighted by atomic mass is 10.2. The maximum atomic E-state index is 12.6. The highest BCUT2D eigenvalue weighted by molar-refractivity contribution is 6.35. The van der Waals surface area contributed by atoms with Crippen molar-refractivity contribution in [3.63, 3.8) is 0 Å². The first-order chi connectivity index (χ1) is 11.7. The Morgan fingerprint density at radius 3 is 2.48 bits per heavy atom. The molecular weight excluding hydrogens is 369 g/mol. The van der Waals surface area contributed by atoms with Crippen LogP contribution >= 0.6 is 23.2 Å². The molecule has 0 aliphatic rings. The van der Waals surface area contributed by atoms with Crippen LogP contribution in [0.4, 0.5) is 0 Å². The van der Waals surface area contributed by atoms with E-state index in [0.717, 1.165) is 4.57 Å². The lowest BCUT2D eigenvalue weighted by molar-refractivity contribution is 0.0987. The lowest BCUT2D eigenvalue weighted by Crippen LogP contribution is -2.37. The highest BCUT2D eigenvalue weighted by atomic mass is 35.5. The fourth-order valence-electron chi connectivity index (χ4n) is 2.61. The van der Waals surface area contributed by atoms with Crippen molar-refractivity contribution in [3.8, 4) is 0 Å². The van der Waals surface area contributed by atoms with Crippen LogP contribution in [-0.4, -0.2) is 24.6 Å². The van der Waals surface area contributed by atoms with E-state index in [4.69, 9.17) is 28.9 Å². The van der Waals surface area contributed by atoms with Crippen LogP contribution in [0.25, 0.3) is 11.2 Å². The number of amides is 1. The first-order valence-corrected chi connectivity index (χ1v) is 7.88. The monoisotopic (exact) mass is 381 g/mol. The molecule has 0 radical (unpaired) electrons. The third-order valence-electron chi connectivity index (χ3n) is 3.91. The van der Waals surface area contributed by atoms with Crippen molar-refractivity contribution in [1.29, 1.82) is 0 Å². The number of primary amides is 1. The predicted octanol–water partition coefficient (Wildman–Crippen LogP) is 0.888. The van der Waals surface area contributed by atoms with E-state index in [2.05, 4.69) is 4.98 Å². The van der Waals surface area contributed by atoms with Crippen molar-refractivity contribution in [2.75, 3.05) is 0 Å². The minimum Gasteiger partial charge on any atom is -0.363 e. The Morgan fingerprint density at radius 1 is 1.20 bits per heavy atom. The number of nitrogens with two attached hydrogens (primary N) is 1. The number of nitrogens with zero attached hydrogens (tertiary/aromatic N) is 4. The van der Waals surface area contributed by atoms with E-state index in [9.17, 15) is 14.4 Å². The third-order valence-corrected chi connectivity index (χ3v) is 4.50.